The van der Waals surface area contributed by atoms with Crippen LogP contribution in [-0.2, 0) is 10.0 Å². The van der Waals surface area contributed by atoms with Gasteiger partial charge in [0.1, 0.15) is 0 Å². The molecule has 0 saturated heterocycles. The molecule has 1 N–H and O–H groups in total. The zero-order valence-electron chi connectivity index (χ0n) is 13.4. The van der Waals surface area contributed by atoms with Crippen LogP contribution in [-0.4, -0.2) is 15.0 Å². The number of allylic oxidation sites excluding steroid dienone is 1. The molecule has 0 aliphatic rings. The van der Waals surface area contributed by atoms with Gasteiger partial charge in [-0.15, -0.1) is 6.58 Å². The number of benzene rings is 2. The van der Waals surface area contributed by atoms with Crippen LogP contribution >= 0.6 is 0 Å². The molecule has 2 aromatic carbocycles. The minimum Gasteiger partial charge on any atom is -0.211 e. The van der Waals surface area contributed by atoms with E-state index < -0.39 is 10.0 Å². The Balaban J connectivity index is 1.99. The summed E-state index contributed by atoms with van der Waals surface area (Å²) in [5, 5.41) is 0. The lowest BCUT2D eigenvalue weighted by atomic mass is 9.93. The van der Waals surface area contributed by atoms with Crippen LogP contribution in [0.25, 0.3) is 0 Å². The zero-order chi connectivity index (χ0) is 16.7. The van der Waals surface area contributed by atoms with E-state index in [1.54, 1.807) is 24.3 Å². The highest BCUT2D eigenvalue weighted by Crippen LogP contribution is 2.23. The van der Waals surface area contributed by atoms with Gasteiger partial charge in [-0.25, -0.2) is 13.1 Å². The maximum absolute atomic E-state index is 12.3. The van der Waals surface area contributed by atoms with Gasteiger partial charge in [-0.3, -0.25) is 0 Å². The highest BCUT2D eigenvalue weighted by molar-refractivity contribution is 7.89. The van der Waals surface area contributed by atoms with Gasteiger partial charge in [0.25, 0.3) is 0 Å². The maximum atomic E-state index is 12.3. The molecule has 2 rings (SSSR count). The molecule has 0 bridgehead atoms. The van der Waals surface area contributed by atoms with E-state index in [4.69, 9.17) is 0 Å². The Hall–Kier alpha value is -1.91. The van der Waals surface area contributed by atoms with Crippen molar-refractivity contribution in [3.63, 3.8) is 0 Å². The van der Waals surface area contributed by atoms with Crippen molar-refractivity contribution in [3.8, 4) is 0 Å². The molecule has 0 aliphatic carbocycles. The van der Waals surface area contributed by atoms with Crippen molar-refractivity contribution < 1.29 is 8.42 Å². The SMILES string of the molecule is C=CCC(CCNS(=O)(=O)c1ccc(C)cc1)c1ccccc1. The third-order valence-corrected chi connectivity index (χ3v) is 5.32. The second-order valence-corrected chi connectivity index (χ2v) is 7.40. The van der Waals surface area contributed by atoms with Gasteiger partial charge in [0, 0.05) is 6.54 Å². The fraction of sp³-hybridized carbons (Fsp3) is 0.263. The van der Waals surface area contributed by atoms with Gasteiger partial charge in [0.15, 0.2) is 0 Å². The number of rotatable bonds is 8. The quantitative estimate of drug-likeness (QED) is 0.743. The second-order valence-electron chi connectivity index (χ2n) is 5.63. The van der Waals surface area contributed by atoms with Gasteiger partial charge in [-0.05, 0) is 43.4 Å². The Bertz CT molecular complexity index is 722. The normalized spacial score (nSPS) is 12.7. The number of sulfonamides is 1. The predicted molar refractivity (Wildman–Crippen MR) is 95.0 cm³/mol. The molecule has 122 valence electrons. The van der Waals surface area contributed by atoms with Crippen LogP contribution in [0.3, 0.4) is 0 Å². The summed E-state index contributed by atoms with van der Waals surface area (Å²) < 4.78 is 27.3. The van der Waals surface area contributed by atoms with Crippen LogP contribution in [0.4, 0.5) is 0 Å². The van der Waals surface area contributed by atoms with E-state index >= 15 is 0 Å². The molecule has 1 unspecified atom stereocenters. The summed E-state index contributed by atoms with van der Waals surface area (Å²) >= 11 is 0. The van der Waals surface area contributed by atoms with Crippen molar-refractivity contribution >= 4 is 10.0 Å². The molecule has 3 nitrogen and oxygen atoms in total. The lowest BCUT2D eigenvalue weighted by molar-refractivity contribution is 0.566. The first-order chi connectivity index (χ1) is 11.0. The summed E-state index contributed by atoms with van der Waals surface area (Å²) in [6.45, 7) is 6.14. The van der Waals surface area contributed by atoms with Crippen LogP contribution in [0.5, 0.6) is 0 Å². The molecule has 0 aromatic heterocycles. The number of aryl methyl sites for hydroxylation is 1. The Labute approximate surface area is 139 Å². The molecule has 0 radical (unpaired) electrons. The largest absolute Gasteiger partial charge is 0.240 e. The molecular formula is C19H23NO2S. The van der Waals surface area contributed by atoms with Crippen molar-refractivity contribution in [2.24, 2.45) is 0 Å². The first kappa shape index (κ1) is 17.4. The molecule has 0 aliphatic heterocycles. The van der Waals surface area contributed by atoms with Gasteiger partial charge < -0.3 is 0 Å². The van der Waals surface area contributed by atoms with Gasteiger partial charge in [-0.2, -0.15) is 0 Å². The Morgan fingerprint density at radius 3 is 2.35 bits per heavy atom. The molecule has 1 atom stereocenters. The van der Waals surface area contributed by atoms with E-state index in [0.717, 1.165) is 18.4 Å². The van der Waals surface area contributed by atoms with Gasteiger partial charge in [0.2, 0.25) is 10.0 Å². The monoisotopic (exact) mass is 329 g/mol. The summed E-state index contributed by atoms with van der Waals surface area (Å²) in [6.07, 6.45) is 3.45. The van der Waals surface area contributed by atoms with Crippen LogP contribution in [0, 0.1) is 6.92 Å². The minimum atomic E-state index is -3.45. The van der Waals surface area contributed by atoms with Crippen molar-refractivity contribution in [1.82, 2.24) is 4.72 Å². The summed E-state index contributed by atoms with van der Waals surface area (Å²) in [5.41, 5.74) is 2.25. The maximum Gasteiger partial charge on any atom is 0.240 e. The summed E-state index contributed by atoms with van der Waals surface area (Å²) in [4.78, 5) is 0.308. The summed E-state index contributed by atoms with van der Waals surface area (Å²) in [5.74, 6) is 0.273. The van der Waals surface area contributed by atoms with Crippen molar-refractivity contribution in [2.75, 3.05) is 6.54 Å². The Kier molecular flexibility index (Phi) is 6.13. The van der Waals surface area contributed by atoms with E-state index in [0.29, 0.717) is 11.4 Å². The molecular weight excluding hydrogens is 306 g/mol. The molecule has 4 heteroatoms. The fourth-order valence-corrected chi connectivity index (χ4v) is 3.56. The zero-order valence-corrected chi connectivity index (χ0v) is 14.2. The second kappa shape index (κ2) is 8.09. The van der Waals surface area contributed by atoms with Crippen molar-refractivity contribution in [3.05, 3.63) is 78.4 Å². The van der Waals surface area contributed by atoms with Gasteiger partial charge in [0.05, 0.1) is 4.90 Å². The first-order valence-electron chi connectivity index (χ1n) is 7.75. The Morgan fingerprint density at radius 1 is 1.09 bits per heavy atom. The van der Waals surface area contributed by atoms with Crippen LogP contribution < -0.4 is 4.72 Å². The lowest BCUT2D eigenvalue weighted by Crippen LogP contribution is -2.26. The molecule has 2 aromatic rings. The smallest absolute Gasteiger partial charge is 0.211 e. The number of hydrogen-bond donors (Lipinski definition) is 1. The van der Waals surface area contributed by atoms with Crippen molar-refractivity contribution in [2.45, 2.75) is 30.6 Å². The topological polar surface area (TPSA) is 46.2 Å². The average molecular weight is 329 g/mol. The lowest BCUT2D eigenvalue weighted by Gasteiger charge is -2.16. The molecule has 0 saturated carbocycles. The van der Waals surface area contributed by atoms with E-state index in [-0.39, 0.29) is 5.92 Å². The van der Waals surface area contributed by atoms with Gasteiger partial charge in [-0.1, -0.05) is 54.1 Å². The molecule has 0 heterocycles. The van der Waals surface area contributed by atoms with Crippen LogP contribution in [0.1, 0.15) is 29.9 Å². The third-order valence-electron chi connectivity index (χ3n) is 3.84. The average Bonchev–Trinajstić information content (AvgIpc) is 2.55. The summed E-state index contributed by atoms with van der Waals surface area (Å²) in [7, 11) is -3.45. The molecule has 0 fully saturated rings. The predicted octanol–water partition coefficient (Wildman–Crippen LogP) is 4.02. The number of nitrogens with one attached hydrogen (secondary N) is 1. The van der Waals surface area contributed by atoms with E-state index in [9.17, 15) is 8.42 Å². The van der Waals surface area contributed by atoms with Crippen LogP contribution in [0.15, 0.2) is 72.1 Å². The highest BCUT2D eigenvalue weighted by Gasteiger charge is 2.15. The third kappa shape index (κ3) is 5.05. The first-order valence-corrected chi connectivity index (χ1v) is 9.23. The van der Waals surface area contributed by atoms with Gasteiger partial charge >= 0.3 is 0 Å². The minimum absolute atomic E-state index is 0.273. The Morgan fingerprint density at radius 2 is 1.74 bits per heavy atom. The standard InChI is InChI=1S/C19H23NO2S/c1-3-7-17(18-8-5-4-6-9-18)14-15-20-23(21,22)19-12-10-16(2)11-13-19/h3-6,8-13,17,20H,1,7,14-15H2,2H3. The molecule has 23 heavy (non-hydrogen) atoms. The fourth-order valence-electron chi connectivity index (χ4n) is 2.52. The van der Waals surface area contributed by atoms with Crippen LogP contribution in [0.2, 0.25) is 0 Å². The summed E-state index contributed by atoms with van der Waals surface area (Å²) in [6, 6.07) is 17.0. The van der Waals surface area contributed by atoms with Crippen molar-refractivity contribution in [1.29, 1.82) is 0 Å². The highest BCUT2D eigenvalue weighted by atomic mass is 32.2. The molecule has 0 spiro atoms. The van der Waals surface area contributed by atoms with E-state index in [1.165, 1.54) is 5.56 Å². The molecule has 0 amide bonds. The van der Waals surface area contributed by atoms with E-state index in [2.05, 4.69) is 23.4 Å². The van der Waals surface area contributed by atoms with E-state index in [1.807, 2.05) is 31.2 Å². The number of hydrogen-bond acceptors (Lipinski definition) is 2.